The van der Waals surface area contributed by atoms with Gasteiger partial charge in [0.1, 0.15) is 11.6 Å². The highest BCUT2D eigenvalue weighted by molar-refractivity contribution is 5.77. The van der Waals surface area contributed by atoms with Crippen LogP contribution in [0, 0.1) is 17.7 Å². The normalized spacial score (nSPS) is 21.0. The van der Waals surface area contributed by atoms with Crippen molar-refractivity contribution in [2.24, 2.45) is 11.8 Å². The molecule has 1 fully saturated rings. The lowest BCUT2D eigenvalue weighted by Crippen LogP contribution is -2.35. The summed E-state index contributed by atoms with van der Waals surface area (Å²) in [6.45, 7) is 0.121. The van der Waals surface area contributed by atoms with Crippen molar-refractivity contribution < 1.29 is 23.8 Å². The lowest BCUT2D eigenvalue weighted by Gasteiger charge is -2.16. The van der Waals surface area contributed by atoms with E-state index in [-0.39, 0.29) is 30.1 Å². The lowest BCUT2D eigenvalue weighted by atomic mass is 9.96. The van der Waals surface area contributed by atoms with Crippen LogP contribution in [0.5, 0.6) is 5.75 Å². The smallest absolute Gasteiger partial charge is 0.306 e. The molecule has 1 amide bonds. The quantitative estimate of drug-likeness (QED) is 0.839. The van der Waals surface area contributed by atoms with E-state index < -0.39 is 11.8 Å². The molecule has 5 nitrogen and oxygen atoms in total. The molecule has 0 bridgehead atoms. The van der Waals surface area contributed by atoms with Gasteiger partial charge < -0.3 is 15.2 Å². The SMILES string of the molecule is O=C(COc1cccc(F)c1)NCC1CCCC1C(=O)O. The van der Waals surface area contributed by atoms with Gasteiger partial charge in [0.25, 0.3) is 5.91 Å². The molecule has 0 heterocycles. The van der Waals surface area contributed by atoms with Crippen LogP contribution in [-0.2, 0) is 9.59 Å². The van der Waals surface area contributed by atoms with Crippen LogP contribution in [0.2, 0.25) is 0 Å². The number of hydrogen-bond donors (Lipinski definition) is 2. The Kier molecular flexibility index (Phi) is 5.14. The summed E-state index contributed by atoms with van der Waals surface area (Å²) in [6, 6.07) is 5.55. The fourth-order valence-electron chi connectivity index (χ4n) is 2.61. The summed E-state index contributed by atoms with van der Waals surface area (Å²) >= 11 is 0. The van der Waals surface area contributed by atoms with Gasteiger partial charge in [-0.05, 0) is 30.9 Å². The molecule has 6 heteroatoms. The van der Waals surface area contributed by atoms with Crippen molar-refractivity contribution in [3.05, 3.63) is 30.1 Å². The van der Waals surface area contributed by atoms with Crippen molar-refractivity contribution >= 4 is 11.9 Å². The number of halogens is 1. The van der Waals surface area contributed by atoms with Gasteiger partial charge in [-0.25, -0.2) is 4.39 Å². The fraction of sp³-hybridized carbons (Fsp3) is 0.467. The zero-order valence-corrected chi connectivity index (χ0v) is 11.5. The molecule has 21 heavy (non-hydrogen) atoms. The first-order valence-electron chi connectivity index (χ1n) is 6.94. The van der Waals surface area contributed by atoms with Gasteiger partial charge in [0.05, 0.1) is 5.92 Å². The third kappa shape index (κ3) is 4.44. The highest BCUT2D eigenvalue weighted by Gasteiger charge is 2.32. The second kappa shape index (κ2) is 7.06. The molecule has 0 aromatic heterocycles. The van der Waals surface area contributed by atoms with Gasteiger partial charge in [0, 0.05) is 12.6 Å². The van der Waals surface area contributed by atoms with E-state index in [2.05, 4.69) is 5.32 Å². The first-order chi connectivity index (χ1) is 10.1. The van der Waals surface area contributed by atoms with Gasteiger partial charge in [0.2, 0.25) is 0 Å². The monoisotopic (exact) mass is 295 g/mol. The molecule has 0 saturated heterocycles. The Morgan fingerprint density at radius 3 is 2.90 bits per heavy atom. The second-order valence-corrected chi connectivity index (χ2v) is 5.19. The van der Waals surface area contributed by atoms with Crippen molar-refractivity contribution in [1.29, 1.82) is 0 Å². The van der Waals surface area contributed by atoms with Crippen LogP contribution in [0.15, 0.2) is 24.3 Å². The Labute approximate surface area is 122 Å². The number of carboxylic acids is 1. The minimum absolute atomic E-state index is 0.0272. The summed E-state index contributed by atoms with van der Waals surface area (Å²) in [6.07, 6.45) is 2.34. The molecule has 2 N–H and O–H groups in total. The maximum atomic E-state index is 12.9. The number of benzene rings is 1. The van der Waals surface area contributed by atoms with E-state index in [1.54, 1.807) is 6.07 Å². The first kappa shape index (κ1) is 15.3. The Balaban J connectivity index is 1.74. The van der Waals surface area contributed by atoms with Crippen molar-refractivity contribution in [2.45, 2.75) is 19.3 Å². The standard InChI is InChI=1S/C15H18FNO4/c16-11-4-2-5-12(7-11)21-9-14(18)17-8-10-3-1-6-13(10)15(19)20/h2,4-5,7,10,13H,1,3,6,8-9H2,(H,17,18)(H,19,20). The Morgan fingerprint density at radius 1 is 1.38 bits per heavy atom. The topological polar surface area (TPSA) is 75.6 Å². The van der Waals surface area contributed by atoms with Gasteiger partial charge in [-0.15, -0.1) is 0 Å². The molecule has 1 aliphatic rings. The predicted molar refractivity (Wildman–Crippen MR) is 73.4 cm³/mol. The van der Waals surface area contributed by atoms with E-state index in [1.165, 1.54) is 18.2 Å². The average molecular weight is 295 g/mol. The summed E-state index contributed by atoms with van der Waals surface area (Å²) in [5.41, 5.74) is 0. The number of hydrogen-bond acceptors (Lipinski definition) is 3. The average Bonchev–Trinajstić information content (AvgIpc) is 2.91. The molecule has 114 valence electrons. The fourth-order valence-corrected chi connectivity index (χ4v) is 2.61. The summed E-state index contributed by atoms with van der Waals surface area (Å²) < 4.78 is 18.1. The molecule has 0 spiro atoms. The number of amides is 1. The highest BCUT2D eigenvalue weighted by Crippen LogP contribution is 2.31. The Hall–Kier alpha value is -2.11. The molecular weight excluding hydrogens is 277 g/mol. The van der Waals surface area contributed by atoms with Gasteiger partial charge in [-0.3, -0.25) is 9.59 Å². The van der Waals surface area contributed by atoms with Crippen LogP contribution in [0.3, 0.4) is 0 Å². The van der Waals surface area contributed by atoms with Crippen LogP contribution < -0.4 is 10.1 Å². The van der Waals surface area contributed by atoms with Crippen LogP contribution in [0.25, 0.3) is 0 Å². The van der Waals surface area contributed by atoms with Crippen molar-refractivity contribution in [3.8, 4) is 5.75 Å². The molecule has 1 saturated carbocycles. The van der Waals surface area contributed by atoms with Crippen LogP contribution >= 0.6 is 0 Å². The van der Waals surface area contributed by atoms with E-state index in [0.717, 1.165) is 12.8 Å². The molecule has 0 radical (unpaired) electrons. The van der Waals surface area contributed by atoms with Gasteiger partial charge in [0.15, 0.2) is 6.61 Å². The largest absolute Gasteiger partial charge is 0.484 e. The number of aliphatic carboxylic acids is 1. The van der Waals surface area contributed by atoms with E-state index in [4.69, 9.17) is 9.84 Å². The number of nitrogens with one attached hydrogen (secondary N) is 1. The van der Waals surface area contributed by atoms with Crippen molar-refractivity contribution in [3.63, 3.8) is 0 Å². The minimum Gasteiger partial charge on any atom is -0.484 e. The Bertz CT molecular complexity index is 520. The zero-order chi connectivity index (χ0) is 15.2. The van der Waals surface area contributed by atoms with Gasteiger partial charge in [-0.2, -0.15) is 0 Å². The maximum absolute atomic E-state index is 12.9. The molecule has 0 aliphatic heterocycles. The summed E-state index contributed by atoms with van der Waals surface area (Å²) in [5.74, 6) is -1.69. The molecule has 1 aliphatic carbocycles. The molecule has 2 atom stereocenters. The first-order valence-corrected chi connectivity index (χ1v) is 6.94. The zero-order valence-electron chi connectivity index (χ0n) is 11.5. The van der Waals surface area contributed by atoms with E-state index in [1.807, 2.05) is 0 Å². The van der Waals surface area contributed by atoms with Crippen molar-refractivity contribution in [2.75, 3.05) is 13.2 Å². The number of ether oxygens (including phenoxy) is 1. The third-order valence-corrected chi connectivity index (χ3v) is 3.70. The number of rotatable bonds is 6. The van der Waals surface area contributed by atoms with Crippen molar-refractivity contribution in [1.82, 2.24) is 5.32 Å². The molecule has 2 unspecified atom stereocenters. The van der Waals surface area contributed by atoms with Gasteiger partial charge in [-0.1, -0.05) is 12.5 Å². The molecular formula is C15H18FNO4. The number of carbonyl (C=O) groups excluding carboxylic acids is 1. The maximum Gasteiger partial charge on any atom is 0.306 e. The van der Waals surface area contributed by atoms with Gasteiger partial charge >= 0.3 is 5.97 Å². The van der Waals surface area contributed by atoms with Crippen LogP contribution in [0.4, 0.5) is 4.39 Å². The molecule has 2 rings (SSSR count). The van der Waals surface area contributed by atoms with E-state index in [0.29, 0.717) is 13.0 Å². The molecule has 1 aromatic carbocycles. The Morgan fingerprint density at radius 2 is 2.19 bits per heavy atom. The van der Waals surface area contributed by atoms with E-state index >= 15 is 0 Å². The highest BCUT2D eigenvalue weighted by atomic mass is 19.1. The van der Waals surface area contributed by atoms with Crippen LogP contribution in [0.1, 0.15) is 19.3 Å². The number of carbonyl (C=O) groups is 2. The summed E-state index contributed by atoms with van der Waals surface area (Å²) in [4.78, 5) is 22.7. The molecule has 1 aromatic rings. The third-order valence-electron chi connectivity index (χ3n) is 3.70. The lowest BCUT2D eigenvalue weighted by molar-refractivity contribution is -0.143. The summed E-state index contributed by atoms with van der Waals surface area (Å²) in [5, 5.41) is 11.7. The predicted octanol–water partition coefficient (Wildman–Crippen LogP) is 1.82. The summed E-state index contributed by atoms with van der Waals surface area (Å²) in [7, 11) is 0. The minimum atomic E-state index is -0.803. The van der Waals surface area contributed by atoms with E-state index in [9.17, 15) is 14.0 Å². The number of carboxylic acid groups (broad SMARTS) is 1. The second-order valence-electron chi connectivity index (χ2n) is 5.19. The van der Waals surface area contributed by atoms with Crippen LogP contribution in [-0.4, -0.2) is 30.1 Å².